The van der Waals surface area contributed by atoms with Crippen molar-refractivity contribution >= 4 is 21.5 Å². The van der Waals surface area contributed by atoms with Crippen LogP contribution in [0.1, 0.15) is 5.56 Å². The Balaban J connectivity index is 2.11. The molecule has 15 heavy (non-hydrogen) atoms. The molecule has 0 N–H and O–H groups in total. The van der Waals surface area contributed by atoms with Gasteiger partial charge < -0.3 is 0 Å². The molecule has 1 heterocycles. The third-order valence-corrected chi connectivity index (χ3v) is 2.41. The molecule has 2 rings (SSSR count). The van der Waals surface area contributed by atoms with Gasteiger partial charge in [-0.15, -0.1) is 5.10 Å². The predicted octanol–water partition coefficient (Wildman–Crippen LogP) is 2.75. The van der Waals surface area contributed by atoms with Crippen LogP contribution in [0.3, 0.4) is 0 Å². The Hall–Kier alpha value is -1.42. The molecule has 0 aliphatic rings. The zero-order chi connectivity index (χ0) is 10.7. The summed E-state index contributed by atoms with van der Waals surface area (Å²) in [6.45, 7) is 4.68. The molecule has 2 aromatic rings. The highest BCUT2D eigenvalue weighted by molar-refractivity contribution is 9.10. The minimum absolute atomic E-state index is 0.600. The first kappa shape index (κ1) is 10.1. The van der Waals surface area contributed by atoms with Crippen molar-refractivity contribution in [1.82, 2.24) is 14.8 Å². The Kier molecular flexibility index (Phi) is 2.97. The summed E-state index contributed by atoms with van der Waals surface area (Å²) in [6, 6.07) is 10.1. The van der Waals surface area contributed by atoms with E-state index in [4.69, 9.17) is 0 Å². The summed E-state index contributed by atoms with van der Waals surface area (Å²) in [5.74, 6) is 0. The highest BCUT2D eigenvalue weighted by Gasteiger charge is 2.01. The van der Waals surface area contributed by atoms with Crippen LogP contribution >= 0.6 is 15.9 Å². The number of hydrogen-bond donors (Lipinski definition) is 0. The summed E-state index contributed by atoms with van der Waals surface area (Å²) in [5.41, 5.74) is 2.15. The fraction of sp³-hybridized carbons (Fsp3) is 0.0909. The van der Waals surface area contributed by atoms with Gasteiger partial charge in [0, 0.05) is 0 Å². The predicted molar refractivity (Wildman–Crippen MR) is 63.2 cm³/mol. The lowest BCUT2D eigenvalue weighted by Crippen LogP contribution is -2.00. The summed E-state index contributed by atoms with van der Waals surface area (Å²) in [6.07, 6.45) is 1.68. The normalized spacial score (nSPS) is 10.2. The first-order chi connectivity index (χ1) is 7.25. The lowest BCUT2D eigenvalue weighted by molar-refractivity contribution is 0.706. The quantitative estimate of drug-likeness (QED) is 0.853. The van der Waals surface area contributed by atoms with Crippen molar-refractivity contribution in [3.63, 3.8) is 0 Å². The van der Waals surface area contributed by atoms with Crippen molar-refractivity contribution in [3.05, 3.63) is 53.5 Å². The van der Waals surface area contributed by atoms with Crippen LogP contribution in [0.15, 0.2) is 48.0 Å². The zero-order valence-electron chi connectivity index (χ0n) is 8.10. The van der Waals surface area contributed by atoms with Gasteiger partial charge in [-0.25, -0.2) is 9.67 Å². The van der Waals surface area contributed by atoms with Crippen LogP contribution in [0.2, 0.25) is 0 Å². The highest BCUT2D eigenvalue weighted by atomic mass is 79.9. The molecule has 0 radical (unpaired) electrons. The second-order valence-electron chi connectivity index (χ2n) is 3.18. The van der Waals surface area contributed by atoms with E-state index >= 15 is 0 Å². The molecule has 0 atom stereocenters. The van der Waals surface area contributed by atoms with Crippen molar-refractivity contribution < 1.29 is 0 Å². The van der Waals surface area contributed by atoms with Crippen LogP contribution in [-0.4, -0.2) is 14.8 Å². The highest BCUT2D eigenvalue weighted by Crippen LogP contribution is 2.13. The van der Waals surface area contributed by atoms with Crippen molar-refractivity contribution in [3.8, 4) is 0 Å². The van der Waals surface area contributed by atoms with Gasteiger partial charge >= 0.3 is 0 Å². The minimum atomic E-state index is 0.600. The standard InChI is InChI=1S/C11H10BrN3/c1-9(10-5-3-2-4-6-10)7-15-8-13-11(12)14-15/h2-6,8H,1,7H2. The average molecular weight is 264 g/mol. The zero-order valence-corrected chi connectivity index (χ0v) is 9.68. The molecule has 0 saturated heterocycles. The molecule has 4 heteroatoms. The third-order valence-electron chi connectivity index (χ3n) is 2.04. The molecule has 0 saturated carbocycles. The number of halogens is 1. The van der Waals surface area contributed by atoms with Crippen LogP contribution in [0.25, 0.3) is 5.57 Å². The second kappa shape index (κ2) is 4.40. The van der Waals surface area contributed by atoms with Crippen molar-refractivity contribution in [2.45, 2.75) is 6.54 Å². The number of rotatable bonds is 3. The molecule has 0 spiro atoms. The molecule has 0 aliphatic carbocycles. The summed E-state index contributed by atoms with van der Waals surface area (Å²) in [5, 5.41) is 4.14. The first-order valence-corrected chi connectivity index (χ1v) is 5.33. The molecule has 0 fully saturated rings. The Morgan fingerprint density at radius 3 is 2.67 bits per heavy atom. The fourth-order valence-corrected chi connectivity index (χ4v) is 1.60. The molecule has 0 amide bonds. The van der Waals surface area contributed by atoms with E-state index in [1.165, 1.54) is 0 Å². The first-order valence-electron chi connectivity index (χ1n) is 4.54. The maximum Gasteiger partial charge on any atom is 0.217 e. The van der Waals surface area contributed by atoms with Gasteiger partial charge in [-0.1, -0.05) is 36.9 Å². The number of benzene rings is 1. The molecule has 0 aliphatic heterocycles. The number of allylic oxidation sites excluding steroid dienone is 1. The van der Waals surface area contributed by atoms with Crippen LogP contribution in [0.5, 0.6) is 0 Å². The molecule has 76 valence electrons. The SMILES string of the molecule is C=C(Cn1cnc(Br)n1)c1ccccc1. The topological polar surface area (TPSA) is 30.7 Å². The van der Waals surface area contributed by atoms with E-state index in [9.17, 15) is 0 Å². The maximum absolute atomic E-state index is 4.14. The van der Waals surface area contributed by atoms with Gasteiger partial charge in [-0.2, -0.15) is 0 Å². The van der Waals surface area contributed by atoms with E-state index in [-0.39, 0.29) is 0 Å². The van der Waals surface area contributed by atoms with Gasteiger partial charge in [0.15, 0.2) is 0 Å². The summed E-state index contributed by atoms with van der Waals surface area (Å²) in [4.78, 5) is 3.99. The van der Waals surface area contributed by atoms with Crippen molar-refractivity contribution in [1.29, 1.82) is 0 Å². The Bertz CT molecular complexity index is 462. The maximum atomic E-state index is 4.14. The molecular weight excluding hydrogens is 254 g/mol. The third kappa shape index (κ3) is 2.53. The molecule has 3 nitrogen and oxygen atoms in total. The number of hydrogen-bond acceptors (Lipinski definition) is 2. The molecular formula is C11H10BrN3. The minimum Gasteiger partial charge on any atom is -0.247 e. The van der Waals surface area contributed by atoms with E-state index in [0.717, 1.165) is 11.1 Å². The van der Waals surface area contributed by atoms with E-state index in [2.05, 4.69) is 32.6 Å². The van der Waals surface area contributed by atoms with E-state index in [1.54, 1.807) is 11.0 Å². The molecule has 1 aromatic heterocycles. The van der Waals surface area contributed by atoms with Gasteiger partial charge in [0.25, 0.3) is 0 Å². The number of aromatic nitrogens is 3. The Labute approximate surface area is 96.6 Å². The van der Waals surface area contributed by atoms with Crippen LogP contribution < -0.4 is 0 Å². The van der Waals surface area contributed by atoms with E-state index in [0.29, 0.717) is 11.3 Å². The Morgan fingerprint density at radius 1 is 1.33 bits per heavy atom. The smallest absolute Gasteiger partial charge is 0.217 e. The molecule has 0 unspecified atom stereocenters. The second-order valence-corrected chi connectivity index (χ2v) is 3.89. The van der Waals surface area contributed by atoms with E-state index < -0.39 is 0 Å². The lowest BCUT2D eigenvalue weighted by atomic mass is 10.1. The van der Waals surface area contributed by atoms with Gasteiger partial charge in [0.2, 0.25) is 4.73 Å². The van der Waals surface area contributed by atoms with Crippen LogP contribution in [0, 0.1) is 0 Å². The fourth-order valence-electron chi connectivity index (χ4n) is 1.31. The Morgan fingerprint density at radius 2 is 2.07 bits per heavy atom. The number of nitrogens with zero attached hydrogens (tertiary/aromatic N) is 3. The summed E-state index contributed by atoms with van der Waals surface area (Å²) < 4.78 is 2.35. The van der Waals surface area contributed by atoms with Gasteiger partial charge in [-0.3, -0.25) is 0 Å². The van der Waals surface area contributed by atoms with Crippen molar-refractivity contribution in [2.24, 2.45) is 0 Å². The summed E-state index contributed by atoms with van der Waals surface area (Å²) >= 11 is 3.21. The molecule has 0 bridgehead atoms. The molecule has 1 aromatic carbocycles. The lowest BCUT2D eigenvalue weighted by Gasteiger charge is -2.04. The van der Waals surface area contributed by atoms with Gasteiger partial charge in [0.05, 0.1) is 6.54 Å². The van der Waals surface area contributed by atoms with Crippen LogP contribution in [-0.2, 0) is 6.54 Å². The largest absolute Gasteiger partial charge is 0.247 e. The van der Waals surface area contributed by atoms with Gasteiger partial charge in [0.1, 0.15) is 6.33 Å². The van der Waals surface area contributed by atoms with Crippen LogP contribution in [0.4, 0.5) is 0 Å². The average Bonchev–Trinajstić information content (AvgIpc) is 2.65. The van der Waals surface area contributed by atoms with E-state index in [1.807, 2.05) is 30.3 Å². The van der Waals surface area contributed by atoms with Crippen molar-refractivity contribution in [2.75, 3.05) is 0 Å². The monoisotopic (exact) mass is 263 g/mol. The van der Waals surface area contributed by atoms with Gasteiger partial charge in [-0.05, 0) is 27.1 Å². The summed E-state index contributed by atoms with van der Waals surface area (Å²) in [7, 11) is 0.